The van der Waals surface area contributed by atoms with Crippen molar-refractivity contribution in [2.75, 3.05) is 18.4 Å². The molecule has 3 aromatic rings. The number of amides is 1. The zero-order valence-electron chi connectivity index (χ0n) is 17.6. The normalized spacial score (nSPS) is 14.9. The van der Waals surface area contributed by atoms with E-state index in [0.717, 1.165) is 30.5 Å². The van der Waals surface area contributed by atoms with E-state index < -0.39 is 10.0 Å². The highest BCUT2D eigenvalue weighted by Gasteiger charge is 2.27. The van der Waals surface area contributed by atoms with Crippen molar-refractivity contribution in [3.05, 3.63) is 48.0 Å². The Morgan fingerprint density at radius 1 is 1.10 bits per heavy atom. The first-order valence-electron chi connectivity index (χ1n) is 10.7. The van der Waals surface area contributed by atoms with Crippen LogP contribution in [-0.2, 0) is 27.8 Å². The first kappa shape index (κ1) is 21.5. The lowest BCUT2D eigenvalue weighted by Gasteiger charge is -2.15. The second kappa shape index (κ2) is 9.15. The van der Waals surface area contributed by atoms with E-state index >= 15 is 0 Å². The summed E-state index contributed by atoms with van der Waals surface area (Å²) in [7, 11) is -3.48. The first-order chi connectivity index (χ1) is 15.0. The van der Waals surface area contributed by atoms with Gasteiger partial charge in [-0.05, 0) is 61.6 Å². The lowest BCUT2D eigenvalue weighted by atomic mass is 10.1. The van der Waals surface area contributed by atoms with Gasteiger partial charge in [-0.25, -0.2) is 13.1 Å². The predicted molar refractivity (Wildman–Crippen MR) is 119 cm³/mol. The molecule has 164 valence electrons. The minimum absolute atomic E-state index is 0.0485. The van der Waals surface area contributed by atoms with Gasteiger partial charge in [-0.2, -0.15) is 4.31 Å². The predicted octanol–water partition coefficient (Wildman–Crippen LogP) is 3.20. The molecule has 1 aliphatic rings. The Bertz CT molecular complexity index is 1170. The Hall–Kier alpha value is -2.78. The third-order valence-corrected chi connectivity index (χ3v) is 7.50. The van der Waals surface area contributed by atoms with Crippen LogP contribution in [0.5, 0.6) is 0 Å². The van der Waals surface area contributed by atoms with Crippen LogP contribution in [0.15, 0.2) is 47.4 Å². The number of aryl methyl sites for hydroxylation is 2. The third-order valence-electron chi connectivity index (χ3n) is 5.61. The molecule has 1 saturated heterocycles. The molecule has 0 bridgehead atoms. The van der Waals surface area contributed by atoms with E-state index in [1.807, 2.05) is 24.3 Å². The van der Waals surface area contributed by atoms with E-state index in [1.165, 1.54) is 9.87 Å². The van der Waals surface area contributed by atoms with Crippen LogP contribution in [0, 0.1) is 0 Å². The van der Waals surface area contributed by atoms with Crippen molar-refractivity contribution in [3.8, 4) is 0 Å². The highest BCUT2D eigenvalue weighted by Crippen LogP contribution is 2.23. The number of aromatic nitrogens is 3. The maximum absolute atomic E-state index is 12.7. The maximum Gasteiger partial charge on any atom is 0.243 e. The number of fused-ring (bicyclic) bond motifs is 1. The molecule has 0 radical (unpaired) electrons. The van der Waals surface area contributed by atoms with Crippen molar-refractivity contribution in [2.24, 2.45) is 0 Å². The van der Waals surface area contributed by atoms with Crippen LogP contribution in [0.4, 0.5) is 5.69 Å². The van der Waals surface area contributed by atoms with E-state index in [9.17, 15) is 13.2 Å². The number of rotatable bonds is 8. The molecular weight excluding hydrogens is 414 g/mol. The van der Waals surface area contributed by atoms with Crippen molar-refractivity contribution >= 4 is 32.7 Å². The third kappa shape index (κ3) is 4.77. The molecule has 0 saturated carbocycles. The molecule has 2 heterocycles. The smallest absolute Gasteiger partial charge is 0.243 e. The Labute approximate surface area is 182 Å². The van der Waals surface area contributed by atoms with Gasteiger partial charge in [0.25, 0.3) is 0 Å². The molecule has 0 unspecified atom stereocenters. The molecule has 1 N–H and O–H groups in total. The van der Waals surface area contributed by atoms with Crippen molar-refractivity contribution in [1.82, 2.24) is 19.3 Å². The number of sulfonamides is 1. The zero-order chi connectivity index (χ0) is 21.8. The summed E-state index contributed by atoms with van der Waals surface area (Å²) in [4.78, 5) is 12.5. The standard InChI is InChI=1S/C22H27N5O3S/c1-2-17-7-9-18(10-8-17)23-22(28)6-5-15-27-21-12-11-19(16-20(21)24-25-27)31(29,30)26-13-3-4-14-26/h7-12,16H,2-6,13-15H2,1H3,(H,23,28). The molecular formula is C22H27N5O3S. The lowest BCUT2D eigenvalue weighted by molar-refractivity contribution is -0.116. The SMILES string of the molecule is CCc1ccc(NC(=O)CCCn2nnc3cc(S(=O)(=O)N4CCCC4)ccc32)cc1. The molecule has 1 amide bonds. The van der Waals surface area contributed by atoms with Crippen molar-refractivity contribution in [1.29, 1.82) is 0 Å². The van der Waals surface area contributed by atoms with Gasteiger partial charge in [0.15, 0.2) is 0 Å². The topological polar surface area (TPSA) is 97.2 Å². The quantitative estimate of drug-likeness (QED) is 0.579. The second-order valence-corrected chi connectivity index (χ2v) is 9.71. The Balaban J connectivity index is 1.36. The van der Waals surface area contributed by atoms with Gasteiger partial charge in [-0.15, -0.1) is 5.10 Å². The van der Waals surface area contributed by atoms with Crippen LogP contribution in [0.1, 0.15) is 38.2 Å². The monoisotopic (exact) mass is 441 g/mol. The van der Waals surface area contributed by atoms with Crippen LogP contribution in [-0.4, -0.2) is 46.7 Å². The largest absolute Gasteiger partial charge is 0.326 e. The number of nitrogens with one attached hydrogen (secondary N) is 1. The Kier molecular flexibility index (Phi) is 6.33. The van der Waals surface area contributed by atoms with Gasteiger partial charge in [0.2, 0.25) is 15.9 Å². The Morgan fingerprint density at radius 2 is 1.84 bits per heavy atom. The number of benzene rings is 2. The summed E-state index contributed by atoms with van der Waals surface area (Å²) in [5.74, 6) is -0.0485. The lowest BCUT2D eigenvalue weighted by Crippen LogP contribution is -2.27. The van der Waals surface area contributed by atoms with Crippen molar-refractivity contribution in [3.63, 3.8) is 0 Å². The van der Waals surface area contributed by atoms with Gasteiger partial charge < -0.3 is 5.32 Å². The summed E-state index contributed by atoms with van der Waals surface area (Å²) in [5.41, 5.74) is 3.32. The van der Waals surface area contributed by atoms with E-state index in [1.54, 1.807) is 22.9 Å². The number of hydrogen-bond acceptors (Lipinski definition) is 5. The fourth-order valence-electron chi connectivity index (χ4n) is 3.79. The minimum atomic E-state index is -3.48. The van der Waals surface area contributed by atoms with Crippen LogP contribution in [0.2, 0.25) is 0 Å². The van der Waals surface area contributed by atoms with Gasteiger partial charge in [-0.3, -0.25) is 4.79 Å². The summed E-state index contributed by atoms with van der Waals surface area (Å²) >= 11 is 0. The van der Waals surface area contributed by atoms with E-state index in [2.05, 4.69) is 22.6 Å². The van der Waals surface area contributed by atoms with Crippen LogP contribution < -0.4 is 5.32 Å². The van der Waals surface area contributed by atoms with Gasteiger partial charge in [0.05, 0.1) is 10.4 Å². The highest BCUT2D eigenvalue weighted by molar-refractivity contribution is 7.89. The summed E-state index contributed by atoms with van der Waals surface area (Å²) in [6.45, 7) is 3.75. The van der Waals surface area contributed by atoms with Crippen molar-refractivity contribution in [2.45, 2.75) is 50.5 Å². The maximum atomic E-state index is 12.7. The van der Waals surface area contributed by atoms with Crippen LogP contribution in [0.3, 0.4) is 0 Å². The molecule has 1 aromatic heterocycles. The minimum Gasteiger partial charge on any atom is -0.326 e. The number of carbonyl (C=O) groups excluding carboxylic acids is 1. The average Bonchev–Trinajstić information content (AvgIpc) is 3.45. The second-order valence-electron chi connectivity index (χ2n) is 7.78. The summed E-state index contributed by atoms with van der Waals surface area (Å²) in [6.07, 6.45) is 3.72. The van der Waals surface area contributed by atoms with Gasteiger partial charge in [0, 0.05) is 31.7 Å². The fourth-order valence-corrected chi connectivity index (χ4v) is 5.33. The van der Waals surface area contributed by atoms with E-state index in [4.69, 9.17) is 0 Å². The molecule has 9 heteroatoms. The molecule has 0 spiro atoms. The van der Waals surface area contributed by atoms with Gasteiger partial charge >= 0.3 is 0 Å². The number of hydrogen-bond donors (Lipinski definition) is 1. The average molecular weight is 442 g/mol. The van der Waals surface area contributed by atoms with Gasteiger partial charge in [-0.1, -0.05) is 24.3 Å². The number of anilines is 1. The molecule has 4 rings (SSSR count). The summed E-state index contributed by atoms with van der Waals surface area (Å²) in [6, 6.07) is 12.8. The molecule has 2 aromatic carbocycles. The molecule has 1 fully saturated rings. The fraction of sp³-hybridized carbons (Fsp3) is 0.409. The molecule has 1 aliphatic heterocycles. The number of carbonyl (C=O) groups is 1. The summed E-state index contributed by atoms with van der Waals surface area (Å²) in [5, 5.41) is 11.2. The van der Waals surface area contributed by atoms with Crippen LogP contribution >= 0.6 is 0 Å². The zero-order valence-corrected chi connectivity index (χ0v) is 18.4. The molecule has 0 aliphatic carbocycles. The van der Waals surface area contributed by atoms with Gasteiger partial charge in [0.1, 0.15) is 5.52 Å². The van der Waals surface area contributed by atoms with E-state index in [0.29, 0.717) is 38.0 Å². The molecule has 31 heavy (non-hydrogen) atoms. The molecule has 0 atom stereocenters. The number of nitrogens with zero attached hydrogens (tertiary/aromatic N) is 4. The summed E-state index contributed by atoms with van der Waals surface area (Å²) < 4.78 is 28.7. The molecule has 8 nitrogen and oxygen atoms in total. The van der Waals surface area contributed by atoms with Crippen molar-refractivity contribution < 1.29 is 13.2 Å². The van der Waals surface area contributed by atoms with Crippen LogP contribution in [0.25, 0.3) is 11.0 Å². The highest BCUT2D eigenvalue weighted by atomic mass is 32.2. The first-order valence-corrected chi connectivity index (χ1v) is 12.1. The Morgan fingerprint density at radius 3 is 2.55 bits per heavy atom. The van der Waals surface area contributed by atoms with E-state index in [-0.39, 0.29) is 10.8 Å².